The maximum atomic E-state index is 13.0. The van der Waals surface area contributed by atoms with Gasteiger partial charge >= 0.3 is 0 Å². The SMILES string of the molecule is CCCN(C(C)=O)C(C(=O)NC(C)(C)C)c1ccc(OCC(=O)NCCC(C)C)cc1. The molecule has 1 aromatic rings. The average molecular weight is 434 g/mol. The topological polar surface area (TPSA) is 87.7 Å². The molecule has 0 aliphatic heterocycles. The molecule has 3 amide bonds. The van der Waals surface area contributed by atoms with Gasteiger partial charge in [0.05, 0.1) is 0 Å². The third-order valence-corrected chi connectivity index (χ3v) is 4.54. The van der Waals surface area contributed by atoms with Crippen molar-refractivity contribution in [2.45, 2.75) is 72.9 Å². The summed E-state index contributed by atoms with van der Waals surface area (Å²) in [7, 11) is 0. The van der Waals surface area contributed by atoms with Crippen molar-refractivity contribution >= 4 is 17.7 Å². The van der Waals surface area contributed by atoms with Gasteiger partial charge in [0.2, 0.25) is 11.8 Å². The van der Waals surface area contributed by atoms with Gasteiger partial charge in [0.1, 0.15) is 11.8 Å². The van der Waals surface area contributed by atoms with Crippen LogP contribution in [0.2, 0.25) is 0 Å². The normalized spacial score (nSPS) is 12.3. The molecule has 0 radical (unpaired) electrons. The molecule has 1 rings (SSSR count). The lowest BCUT2D eigenvalue weighted by Gasteiger charge is -2.33. The molecular formula is C24H39N3O4. The quantitative estimate of drug-likeness (QED) is 0.560. The van der Waals surface area contributed by atoms with Gasteiger partial charge in [-0.05, 0) is 57.2 Å². The van der Waals surface area contributed by atoms with Crippen LogP contribution in [0.15, 0.2) is 24.3 Å². The zero-order valence-corrected chi connectivity index (χ0v) is 20.1. The van der Waals surface area contributed by atoms with Crippen molar-refractivity contribution in [3.8, 4) is 5.75 Å². The van der Waals surface area contributed by atoms with E-state index in [-0.39, 0.29) is 24.3 Å². The first-order chi connectivity index (χ1) is 14.4. The van der Waals surface area contributed by atoms with Crippen LogP contribution in [0, 0.1) is 5.92 Å². The Morgan fingerprint density at radius 2 is 1.71 bits per heavy atom. The van der Waals surface area contributed by atoms with Crippen molar-refractivity contribution in [3.63, 3.8) is 0 Å². The molecule has 31 heavy (non-hydrogen) atoms. The van der Waals surface area contributed by atoms with Crippen LogP contribution < -0.4 is 15.4 Å². The van der Waals surface area contributed by atoms with Gasteiger partial charge < -0.3 is 20.3 Å². The van der Waals surface area contributed by atoms with E-state index in [0.717, 1.165) is 12.8 Å². The second kappa shape index (κ2) is 12.3. The van der Waals surface area contributed by atoms with Crippen molar-refractivity contribution in [1.82, 2.24) is 15.5 Å². The minimum absolute atomic E-state index is 0.0687. The lowest BCUT2D eigenvalue weighted by Crippen LogP contribution is -2.49. The lowest BCUT2D eigenvalue weighted by molar-refractivity contribution is -0.140. The number of hydrogen-bond acceptors (Lipinski definition) is 4. The summed E-state index contributed by atoms with van der Waals surface area (Å²) in [4.78, 5) is 38.8. The van der Waals surface area contributed by atoms with Gasteiger partial charge in [0.15, 0.2) is 6.61 Å². The molecule has 0 bridgehead atoms. The monoisotopic (exact) mass is 433 g/mol. The zero-order chi connectivity index (χ0) is 23.6. The summed E-state index contributed by atoms with van der Waals surface area (Å²) >= 11 is 0. The summed E-state index contributed by atoms with van der Waals surface area (Å²) in [6.45, 7) is 14.4. The van der Waals surface area contributed by atoms with Gasteiger partial charge in [-0.3, -0.25) is 14.4 Å². The molecular weight excluding hydrogens is 394 g/mol. The van der Waals surface area contributed by atoms with Crippen LogP contribution in [0.5, 0.6) is 5.75 Å². The van der Waals surface area contributed by atoms with E-state index >= 15 is 0 Å². The highest BCUT2D eigenvalue weighted by Crippen LogP contribution is 2.25. The molecule has 0 saturated heterocycles. The molecule has 0 spiro atoms. The van der Waals surface area contributed by atoms with Crippen LogP contribution in [-0.4, -0.2) is 47.9 Å². The number of amides is 3. The number of carbonyl (C=O) groups excluding carboxylic acids is 3. The summed E-state index contributed by atoms with van der Waals surface area (Å²) in [6.07, 6.45) is 1.66. The van der Waals surface area contributed by atoms with Crippen molar-refractivity contribution < 1.29 is 19.1 Å². The third-order valence-electron chi connectivity index (χ3n) is 4.54. The van der Waals surface area contributed by atoms with Gasteiger partial charge in [-0.2, -0.15) is 0 Å². The highest BCUT2D eigenvalue weighted by molar-refractivity contribution is 5.88. The van der Waals surface area contributed by atoms with E-state index < -0.39 is 11.6 Å². The number of benzene rings is 1. The van der Waals surface area contributed by atoms with E-state index in [1.165, 1.54) is 6.92 Å². The molecule has 0 heterocycles. The number of ether oxygens (including phenoxy) is 1. The van der Waals surface area contributed by atoms with Crippen molar-refractivity contribution in [1.29, 1.82) is 0 Å². The Balaban J connectivity index is 2.91. The fourth-order valence-corrected chi connectivity index (χ4v) is 3.07. The van der Waals surface area contributed by atoms with Crippen LogP contribution >= 0.6 is 0 Å². The Morgan fingerprint density at radius 1 is 1.10 bits per heavy atom. The van der Waals surface area contributed by atoms with Crippen molar-refractivity contribution in [3.05, 3.63) is 29.8 Å². The fourth-order valence-electron chi connectivity index (χ4n) is 3.07. The lowest BCUT2D eigenvalue weighted by atomic mass is 10.0. The molecule has 0 aromatic heterocycles. The van der Waals surface area contributed by atoms with Gasteiger partial charge in [-0.15, -0.1) is 0 Å². The number of rotatable bonds is 11. The Hall–Kier alpha value is -2.57. The van der Waals surface area contributed by atoms with Crippen molar-refractivity contribution in [2.24, 2.45) is 5.92 Å². The van der Waals surface area contributed by atoms with E-state index in [2.05, 4.69) is 24.5 Å². The first kappa shape index (κ1) is 26.5. The second-order valence-corrected chi connectivity index (χ2v) is 9.24. The summed E-state index contributed by atoms with van der Waals surface area (Å²) in [5.74, 6) is 0.503. The van der Waals surface area contributed by atoms with E-state index in [4.69, 9.17) is 4.74 Å². The van der Waals surface area contributed by atoms with Crippen LogP contribution in [0.3, 0.4) is 0 Å². The molecule has 174 valence electrons. The number of carbonyl (C=O) groups is 3. The van der Waals surface area contributed by atoms with Crippen LogP contribution in [0.1, 0.15) is 72.9 Å². The predicted molar refractivity (Wildman–Crippen MR) is 123 cm³/mol. The van der Waals surface area contributed by atoms with E-state index in [1.807, 2.05) is 27.7 Å². The standard InChI is InChI=1S/C24H39N3O4/c1-8-15-27(18(4)28)22(23(30)26-24(5,6)7)19-9-11-20(12-10-19)31-16-21(29)25-14-13-17(2)3/h9-12,17,22H,8,13-16H2,1-7H3,(H,25,29)(H,26,30). The highest BCUT2D eigenvalue weighted by Gasteiger charge is 2.31. The smallest absolute Gasteiger partial charge is 0.257 e. The predicted octanol–water partition coefficient (Wildman–Crippen LogP) is 3.44. The molecule has 2 N–H and O–H groups in total. The Kier molecular flexibility index (Phi) is 10.5. The molecule has 0 aliphatic carbocycles. The molecule has 0 aliphatic rings. The number of hydrogen-bond donors (Lipinski definition) is 2. The summed E-state index contributed by atoms with van der Waals surface area (Å²) in [6, 6.07) is 6.25. The second-order valence-electron chi connectivity index (χ2n) is 9.24. The van der Waals surface area contributed by atoms with E-state index in [9.17, 15) is 14.4 Å². The largest absolute Gasteiger partial charge is 0.484 e. The third kappa shape index (κ3) is 9.85. The van der Waals surface area contributed by atoms with Gasteiger partial charge in [-0.1, -0.05) is 32.9 Å². The Labute approximate surface area is 186 Å². The van der Waals surface area contributed by atoms with Gasteiger partial charge in [-0.25, -0.2) is 0 Å². The van der Waals surface area contributed by atoms with Crippen LogP contribution in [0.4, 0.5) is 0 Å². The van der Waals surface area contributed by atoms with E-state index in [0.29, 0.717) is 30.3 Å². The minimum Gasteiger partial charge on any atom is -0.484 e. The first-order valence-electron chi connectivity index (χ1n) is 11.0. The van der Waals surface area contributed by atoms with Gasteiger partial charge in [0.25, 0.3) is 5.91 Å². The summed E-state index contributed by atoms with van der Waals surface area (Å²) < 4.78 is 5.56. The van der Waals surface area contributed by atoms with Crippen LogP contribution in [-0.2, 0) is 14.4 Å². The molecule has 0 saturated carbocycles. The fraction of sp³-hybridized carbons (Fsp3) is 0.625. The maximum absolute atomic E-state index is 13.0. The van der Waals surface area contributed by atoms with Crippen molar-refractivity contribution in [2.75, 3.05) is 19.7 Å². The number of nitrogens with one attached hydrogen (secondary N) is 2. The number of nitrogens with zero attached hydrogens (tertiary/aromatic N) is 1. The Morgan fingerprint density at radius 3 is 2.19 bits per heavy atom. The Bertz CT molecular complexity index is 723. The molecule has 1 atom stereocenters. The minimum atomic E-state index is -0.731. The molecule has 1 unspecified atom stereocenters. The average Bonchev–Trinajstić information content (AvgIpc) is 2.65. The summed E-state index contributed by atoms with van der Waals surface area (Å²) in [5, 5.41) is 5.81. The summed E-state index contributed by atoms with van der Waals surface area (Å²) in [5.41, 5.74) is 0.273. The molecule has 0 fully saturated rings. The molecule has 7 heteroatoms. The van der Waals surface area contributed by atoms with E-state index in [1.54, 1.807) is 29.2 Å². The zero-order valence-electron chi connectivity index (χ0n) is 20.1. The molecule has 7 nitrogen and oxygen atoms in total. The highest BCUT2D eigenvalue weighted by atomic mass is 16.5. The first-order valence-corrected chi connectivity index (χ1v) is 11.0. The van der Waals surface area contributed by atoms with Gasteiger partial charge in [0, 0.05) is 25.6 Å². The van der Waals surface area contributed by atoms with Crippen LogP contribution in [0.25, 0.3) is 0 Å². The maximum Gasteiger partial charge on any atom is 0.257 e. The molecule has 1 aromatic carbocycles.